The van der Waals surface area contributed by atoms with Crippen molar-refractivity contribution >= 4 is 17.4 Å². The van der Waals surface area contributed by atoms with Crippen LogP contribution in [0.4, 0.5) is 5.82 Å². The van der Waals surface area contributed by atoms with Crippen molar-refractivity contribution in [3.63, 3.8) is 0 Å². The molecule has 1 aromatic rings. The zero-order chi connectivity index (χ0) is 9.97. The number of hydrogen-bond acceptors (Lipinski definition) is 3. The number of nitrogens with zero attached hydrogens (tertiary/aromatic N) is 1. The summed E-state index contributed by atoms with van der Waals surface area (Å²) >= 11 is 5.74. The second-order valence-electron chi connectivity index (χ2n) is 3.71. The van der Waals surface area contributed by atoms with E-state index in [9.17, 15) is 0 Å². The summed E-state index contributed by atoms with van der Waals surface area (Å²) in [5.41, 5.74) is 5.94. The monoisotopic (exact) mass is 211 g/mol. The van der Waals surface area contributed by atoms with Crippen LogP contribution in [0.5, 0.6) is 0 Å². The molecule has 0 radical (unpaired) electrons. The lowest BCUT2D eigenvalue weighted by molar-refractivity contribution is 0.635. The SMILES string of the molecule is NC1CCCC1Nc1ccc(Cl)cn1. The minimum atomic E-state index is 0.257. The molecule has 4 heteroatoms. The molecule has 0 aromatic carbocycles. The minimum Gasteiger partial charge on any atom is -0.366 e. The van der Waals surface area contributed by atoms with E-state index in [0.717, 1.165) is 18.7 Å². The Labute approximate surface area is 88.7 Å². The number of aromatic nitrogens is 1. The first-order valence-electron chi connectivity index (χ1n) is 4.89. The predicted octanol–water partition coefficient (Wildman–Crippen LogP) is 2.03. The summed E-state index contributed by atoms with van der Waals surface area (Å²) in [5.74, 6) is 0.858. The third-order valence-corrected chi connectivity index (χ3v) is 2.85. The van der Waals surface area contributed by atoms with Crippen LogP contribution in [0.3, 0.4) is 0 Å². The molecule has 2 rings (SSSR count). The van der Waals surface area contributed by atoms with Crippen molar-refractivity contribution in [2.45, 2.75) is 31.3 Å². The molecule has 1 aliphatic carbocycles. The van der Waals surface area contributed by atoms with Crippen LogP contribution in [-0.4, -0.2) is 17.1 Å². The lowest BCUT2D eigenvalue weighted by atomic mass is 10.2. The van der Waals surface area contributed by atoms with Gasteiger partial charge in [0.2, 0.25) is 0 Å². The molecule has 14 heavy (non-hydrogen) atoms. The number of halogens is 1. The second kappa shape index (κ2) is 4.15. The summed E-state index contributed by atoms with van der Waals surface area (Å²) < 4.78 is 0. The van der Waals surface area contributed by atoms with Gasteiger partial charge < -0.3 is 11.1 Å². The van der Waals surface area contributed by atoms with E-state index in [-0.39, 0.29) is 6.04 Å². The highest BCUT2D eigenvalue weighted by atomic mass is 35.5. The van der Waals surface area contributed by atoms with E-state index < -0.39 is 0 Å². The first-order chi connectivity index (χ1) is 6.75. The normalized spacial score (nSPS) is 26.4. The Hall–Kier alpha value is -0.800. The molecule has 1 saturated carbocycles. The Morgan fingerprint density at radius 1 is 1.43 bits per heavy atom. The van der Waals surface area contributed by atoms with E-state index in [4.69, 9.17) is 17.3 Å². The Bertz CT molecular complexity index is 299. The van der Waals surface area contributed by atoms with Gasteiger partial charge in [-0.05, 0) is 31.4 Å². The van der Waals surface area contributed by atoms with Crippen LogP contribution in [-0.2, 0) is 0 Å². The molecule has 0 aliphatic heterocycles. The van der Waals surface area contributed by atoms with Crippen LogP contribution >= 0.6 is 11.6 Å². The van der Waals surface area contributed by atoms with Gasteiger partial charge in [-0.2, -0.15) is 0 Å². The number of anilines is 1. The van der Waals surface area contributed by atoms with Gasteiger partial charge in [0, 0.05) is 18.3 Å². The van der Waals surface area contributed by atoms with Gasteiger partial charge in [-0.15, -0.1) is 0 Å². The number of nitrogens with two attached hydrogens (primary N) is 1. The highest BCUT2D eigenvalue weighted by Gasteiger charge is 2.23. The molecule has 0 bridgehead atoms. The summed E-state index contributed by atoms with van der Waals surface area (Å²) in [6.07, 6.45) is 5.08. The number of nitrogens with one attached hydrogen (secondary N) is 1. The standard InChI is InChI=1S/C10H14ClN3/c11-7-4-5-10(13-6-7)14-9-3-1-2-8(9)12/h4-6,8-9H,1-3,12H2,(H,13,14). The zero-order valence-corrected chi connectivity index (χ0v) is 8.67. The van der Waals surface area contributed by atoms with Gasteiger partial charge in [0.05, 0.1) is 5.02 Å². The first-order valence-corrected chi connectivity index (χ1v) is 5.27. The van der Waals surface area contributed by atoms with Crippen LogP contribution in [0.25, 0.3) is 0 Å². The van der Waals surface area contributed by atoms with Crippen molar-refractivity contribution < 1.29 is 0 Å². The Morgan fingerprint density at radius 2 is 2.29 bits per heavy atom. The fraction of sp³-hybridized carbons (Fsp3) is 0.500. The molecule has 1 aliphatic rings. The van der Waals surface area contributed by atoms with E-state index in [1.54, 1.807) is 6.20 Å². The average molecular weight is 212 g/mol. The second-order valence-corrected chi connectivity index (χ2v) is 4.14. The largest absolute Gasteiger partial charge is 0.366 e. The molecule has 0 spiro atoms. The lowest BCUT2D eigenvalue weighted by Gasteiger charge is -2.17. The molecule has 2 atom stereocenters. The van der Waals surface area contributed by atoms with E-state index in [0.29, 0.717) is 11.1 Å². The maximum Gasteiger partial charge on any atom is 0.126 e. The van der Waals surface area contributed by atoms with Gasteiger partial charge in [0.15, 0.2) is 0 Å². The van der Waals surface area contributed by atoms with E-state index in [1.165, 1.54) is 6.42 Å². The molecule has 3 N–H and O–H groups in total. The third kappa shape index (κ3) is 2.16. The highest BCUT2D eigenvalue weighted by molar-refractivity contribution is 6.30. The number of rotatable bonds is 2. The Kier molecular flexibility index (Phi) is 2.89. The maximum atomic E-state index is 5.94. The summed E-state index contributed by atoms with van der Waals surface area (Å²) in [7, 11) is 0. The maximum absolute atomic E-state index is 5.94. The van der Waals surface area contributed by atoms with Crippen molar-refractivity contribution in [2.75, 3.05) is 5.32 Å². The topological polar surface area (TPSA) is 50.9 Å². The van der Waals surface area contributed by atoms with Crippen molar-refractivity contribution in [1.82, 2.24) is 4.98 Å². The van der Waals surface area contributed by atoms with Gasteiger partial charge in [0.25, 0.3) is 0 Å². The lowest BCUT2D eigenvalue weighted by Crippen LogP contribution is -2.35. The molecular weight excluding hydrogens is 198 g/mol. The average Bonchev–Trinajstić information content (AvgIpc) is 2.56. The first kappa shape index (κ1) is 9.74. The van der Waals surface area contributed by atoms with Crippen LogP contribution in [0.2, 0.25) is 5.02 Å². The smallest absolute Gasteiger partial charge is 0.126 e. The molecule has 76 valence electrons. The quantitative estimate of drug-likeness (QED) is 0.787. The van der Waals surface area contributed by atoms with Crippen LogP contribution in [0.15, 0.2) is 18.3 Å². The van der Waals surface area contributed by atoms with Gasteiger partial charge in [-0.25, -0.2) is 4.98 Å². The number of pyridine rings is 1. The molecular formula is C10H14ClN3. The summed E-state index contributed by atoms with van der Waals surface area (Å²) in [4.78, 5) is 4.18. The Balaban J connectivity index is 2.00. The molecule has 0 amide bonds. The van der Waals surface area contributed by atoms with Gasteiger partial charge in [0.1, 0.15) is 5.82 Å². The molecule has 1 fully saturated rings. The van der Waals surface area contributed by atoms with E-state index in [1.807, 2.05) is 12.1 Å². The summed E-state index contributed by atoms with van der Waals surface area (Å²) in [6, 6.07) is 4.33. The van der Waals surface area contributed by atoms with Crippen molar-refractivity contribution in [1.29, 1.82) is 0 Å². The van der Waals surface area contributed by atoms with Gasteiger partial charge >= 0.3 is 0 Å². The van der Waals surface area contributed by atoms with E-state index >= 15 is 0 Å². The van der Waals surface area contributed by atoms with Crippen molar-refractivity contribution in [3.05, 3.63) is 23.4 Å². The van der Waals surface area contributed by atoms with Crippen LogP contribution in [0, 0.1) is 0 Å². The molecule has 2 unspecified atom stereocenters. The third-order valence-electron chi connectivity index (χ3n) is 2.63. The van der Waals surface area contributed by atoms with Crippen LogP contribution < -0.4 is 11.1 Å². The highest BCUT2D eigenvalue weighted by Crippen LogP contribution is 2.21. The van der Waals surface area contributed by atoms with Crippen LogP contribution in [0.1, 0.15) is 19.3 Å². The predicted molar refractivity (Wildman–Crippen MR) is 58.5 cm³/mol. The van der Waals surface area contributed by atoms with Gasteiger partial charge in [-0.1, -0.05) is 11.6 Å². The molecule has 0 saturated heterocycles. The van der Waals surface area contributed by atoms with Crippen molar-refractivity contribution in [2.24, 2.45) is 5.73 Å². The fourth-order valence-electron chi connectivity index (χ4n) is 1.82. The summed E-state index contributed by atoms with van der Waals surface area (Å²) in [6.45, 7) is 0. The van der Waals surface area contributed by atoms with Crippen molar-refractivity contribution in [3.8, 4) is 0 Å². The van der Waals surface area contributed by atoms with E-state index in [2.05, 4.69) is 10.3 Å². The molecule has 1 aromatic heterocycles. The molecule has 1 heterocycles. The zero-order valence-electron chi connectivity index (χ0n) is 7.91. The van der Waals surface area contributed by atoms with Gasteiger partial charge in [-0.3, -0.25) is 0 Å². The summed E-state index contributed by atoms with van der Waals surface area (Å²) in [5, 5.41) is 3.98. The molecule has 3 nitrogen and oxygen atoms in total. The number of hydrogen-bond donors (Lipinski definition) is 2. The minimum absolute atomic E-state index is 0.257. The fourth-order valence-corrected chi connectivity index (χ4v) is 1.93. The Morgan fingerprint density at radius 3 is 2.86 bits per heavy atom.